The van der Waals surface area contributed by atoms with Gasteiger partial charge in [-0.15, -0.1) is 0 Å². The molecule has 1 N–H and O–H groups in total. The van der Waals surface area contributed by atoms with Gasteiger partial charge >= 0.3 is 5.97 Å². The lowest BCUT2D eigenvalue weighted by Gasteiger charge is -2.45. The lowest BCUT2D eigenvalue weighted by atomic mass is 9.89. The number of para-hydroxylation sites is 2. The Kier molecular flexibility index (Phi) is 5.35. The number of aromatic carboxylic acids is 1. The maximum atomic E-state index is 13.1. The summed E-state index contributed by atoms with van der Waals surface area (Å²) in [5.41, 5.74) is 0.536. The zero-order valence-corrected chi connectivity index (χ0v) is 17.5. The number of carboxylic acids is 1. The van der Waals surface area contributed by atoms with E-state index in [-0.39, 0.29) is 11.7 Å². The average Bonchev–Trinajstić information content (AvgIpc) is 2.96. The van der Waals surface area contributed by atoms with E-state index in [0.29, 0.717) is 23.6 Å². The molecule has 2 aromatic rings. The van der Waals surface area contributed by atoms with Crippen LogP contribution in [0.5, 0.6) is 0 Å². The highest BCUT2D eigenvalue weighted by atomic mass is 16.4. The van der Waals surface area contributed by atoms with E-state index in [4.69, 9.17) is 0 Å². The van der Waals surface area contributed by atoms with Gasteiger partial charge in [0.2, 0.25) is 5.69 Å². The molecule has 1 aliphatic carbocycles. The summed E-state index contributed by atoms with van der Waals surface area (Å²) in [4.78, 5) is 31.8. The van der Waals surface area contributed by atoms with Gasteiger partial charge in [0.05, 0.1) is 11.0 Å². The second-order valence-corrected chi connectivity index (χ2v) is 9.39. The van der Waals surface area contributed by atoms with Crippen molar-refractivity contribution in [1.29, 1.82) is 0 Å². The normalized spacial score (nSPS) is 28.3. The summed E-state index contributed by atoms with van der Waals surface area (Å²) in [6.45, 7) is 0. The summed E-state index contributed by atoms with van der Waals surface area (Å²) in [6.07, 6.45) is 13.6. The lowest BCUT2D eigenvalue weighted by Crippen LogP contribution is -2.50. The molecule has 2 saturated heterocycles. The zero-order valence-electron chi connectivity index (χ0n) is 17.5. The van der Waals surface area contributed by atoms with Crippen LogP contribution in [-0.2, 0) is 0 Å². The predicted molar refractivity (Wildman–Crippen MR) is 116 cm³/mol. The molecule has 0 spiro atoms. The van der Waals surface area contributed by atoms with Gasteiger partial charge in [-0.25, -0.2) is 9.78 Å². The number of fused-ring (bicyclic) bond motifs is 3. The number of nitrogens with zero attached hydrogens (tertiary/aromatic N) is 3. The van der Waals surface area contributed by atoms with Crippen LogP contribution in [0.15, 0.2) is 29.1 Å². The number of hydrogen-bond donors (Lipinski definition) is 1. The molecule has 2 unspecified atom stereocenters. The van der Waals surface area contributed by atoms with Crippen LogP contribution < -0.4 is 5.56 Å². The minimum Gasteiger partial charge on any atom is -0.476 e. The molecule has 0 amide bonds. The highest BCUT2D eigenvalue weighted by Crippen LogP contribution is 2.44. The number of carbonyl (C=O) groups is 1. The third kappa shape index (κ3) is 3.45. The molecule has 2 bridgehead atoms. The molecule has 3 fully saturated rings. The van der Waals surface area contributed by atoms with Gasteiger partial charge in [-0.3, -0.25) is 9.69 Å². The Morgan fingerprint density at radius 3 is 2.17 bits per heavy atom. The van der Waals surface area contributed by atoms with Gasteiger partial charge in [0.25, 0.3) is 5.56 Å². The molecule has 2 aliphatic heterocycles. The van der Waals surface area contributed by atoms with Crippen LogP contribution in [0.3, 0.4) is 0 Å². The summed E-state index contributed by atoms with van der Waals surface area (Å²) < 4.78 is 1.76. The van der Waals surface area contributed by atoms with Gasteiger partial charge in [-0.2, -0.15) is 0 Å². The van der Waals surface area contributed by atoms with Gasteiger partial charge in [-0.1, -0.05) is 44.2 Å². The van der Waals surface area contributed by atoms with Crippen molar-refractivity contribution in [3.63, 3.8) is 0 Å². The number of benzene rings is 1. The molecule has 0 radical (unpaired) electrons. The molecule has 3 atom stereocenters. The van der Waals surface area contributed by atoms with Crippen molar-refractivity contribution in [2.45, 2.75) is 94.8 Å². The largest absolute Gasteiger partial charge is 0.476 e. The molecule has 1 aromatic carbocycles. The lowest BCUT2D eigenvalue weighted by molar-refractivity contribution is 0.0495. The van der Waals surface area contributed by atoms with Gasteiger partial charge in [0, 0.05) is 24.2 Å². The second kappa shape index (κ2) is 8.14. The molecule has 1 saturated carbocycles. The molecule has 3 aliphatic rings. The van der Waals surface area contributed by atoms with Crippen LogP contribution in [0.2, 0.25) is 0 Å². The molecule has 160 valence electrons. The summed E-state index contributed by atoms with van der Waals surface area (Å²) in [5, 5.41) is 9.54. The van der Waals surface area contributed by atoms with Gasteiger partial charge < -0.3 is 9.67 Å². The molecule has 3 heterocycles. The fourth-order valence-corrected chi connectivity index (χ4v) is 6.38. The molecule has 6 heteroatoms. The molecular weight excluding hydrogens is 378 g/mol. The highest BCUT2D eigenvalue weighted by Gasteiger charge is 2.44. The quantitative estimate of drug-likeness (QED) is 0.814. The highest BCUT2D eigenvalue weighted by molar-refractivity contribution is 5.88. The SMILES string of the molecule is O=C(O)c1nc2ccccc2n(C2CC3CC[C@@H](C2)N3C2CCCCCCC2)c1=O. The van der Waals surface area contributed by atoms with Crippen molar-refractivity contribution in [3.05, 3.63) is 40.3 Å². The maximum Gasteiger partial charge on any atom is 0.360 e. The van der Waals surface area contributed by atoms with Crippen molar-refractivity contribution >= 4 is 17.0 Å². The Morgan fingerprint density at radius 1 is 0.867 bits per heavy atom. The number of carboxylic acid groups (broad SMARTS) is 1. The van der Waals surface area contributed by atoms with E-state index in [2.05, 4.69) is 9.88 Å². The second-order valence-electron chi connectivity index (χ2n) is 9.39. The van der Waals surface area contributed by atoms with E-state index in [1.165, 1.54) is 57.8 Å². The van der Waals surface area contributed by atoms with Crippen LogP contribution in [0.1, 0.15) is 87.2 Å². The Hall–Kier alpha value is -2.21. The van der Waals surface area contributed by atoms with Gasteiger partial charge in [0.15, 0.2) is 0 Å². The van der Waals surface area contributed by atoms with Crippen LogP contribution in [0.25, 0.3) is 11.0 Å². The van der Waals surface area contributed by atoms with Crippen LogP contribution in [-0.4, -0.2) is 43.7 Å². The first kappa shape index (κ1) is 19.7. The first-order valence-electron chi connectivity index (χ1n) is 11.7. The summed E-state index contributed by atoms with van der Waals surface area (Å²) >= 11 is 0. The molecular formula is C24H31N3O3. The minimum absolute atomic E-state index is 0.0470. The number of rotatable bonds is 3. The Balaban J connectivity index is 1.48. The summed E-state index contributed by atoms with van der Waals surface area (Å²) in [6, 6.07) is 9.19. The Labute approximate surface area is 176 Å². The first-order chi connectivity index (χ1) is 14.6. The summed E-state index contributed by atoms with van der Waals surface area (Å²) in [5.74, 6) is -1.24. The van der Waals surface area contributed by atoms with E-state index in [0.717, 1.165) is 18.4 Å². The number of hydrogen-bond acceptors (Lipinski definition) is 4. The maximum absolute atomic E-state index is 13.1. The topological polar surface area (TPSA) is 75.4 Å². The standard InChI is InChI=1S/C24H31N3O3/c28-23-22(24(29)30)25-20-10-6-7-11-21(20)27(23)19-14-17-12-13-18(15-19)26(17)16-8-4-2-1-3-5-9-16/h6-7,10-11,16-19H,1-5,8-9,12-15H2,(H,29,30)/t17-,18?,19?/m0/s1. The smallest absolute Gasteiger partial charge is 0.360 e. The van der Waals surface area contributed by atoms with Gasteiger partial charge in [0.1, 0.15) is 0 Å². The van der Waals surface area contributed by atoms with E-state index < -0.39 is 11.5 Å². The monoisotopic (exact) mass is 409 g/mol. The van der Waals surface area contributed by atoms with E-state index >= 15 is 0 Å². The Bertz CT molecular complexity index is 979. The van der Waals surface area contributed by atoms with E-state index in [9.17, 15) is 14.7 Å². The van der Waals surface area contributed by atoms with E-state index in [1.54, 1.807) is 10.6 Å². The molecule has 5 rings (SSSR count). The number of aromatic nitrogens is 2. The van der Waals surface area contributed by atoms with Crippen molar-refractivity contribution < 1.29 is 9.90 Å². The van der Waals surface area contributed by atoms with Crippen LogP contribution in [0.4, 0.5) is 0 Å². The van der Waals surface area contributed by atoms with Crippen molar-refractivity contribution in [2.75, 3.05) is 0 Å². The third-order valence-corrected chi connectivity index (χ3v) is 7.62. The number of piperidine rings is 1. The van der Waals surface area contributed by atoms with Crippen LogP contribution >= 0.6 is 0 Å². The average molecular weight is 410 g/mol. The third-order valence-electron chi connectivity index (χ3n) is 7.62. The molecule has 30 heavy (non-hydrogen) atoms. The van der Waals surface area contributed by atoms with E-state index in [1.807, 2.05) is 18.2 Å². The van der Waals surface area contributed by atoms with Gasteiger partial charge in [-0.05, 0) is 50.7 Å². The molecule has 6 nitrogen and oxygen atoms in total. The Morgan fingerprint density at radius 2 is 1.50 bits per heavy atom. The minimum atomic E-state index is -1.24. The zero-order chi connectivity index (χ0) is 20.7. The van der Waals surface area contributed by atoms with Crippen molar-refractivity contribution in [3.8, 4) is 0 Å². The fraction of sp³-hybridized carbons (Fsp3) is 0.625. The molecule has 1 aromatic heterocycles. The van der Waals surface area contributed by atoms with Crippen LogP contribution in [0, 0.1) is 0 Å². The summed E-state index contributed by atoms with van der Waals surface area (Å²) in [7, 11) is 0. The first-order valence-corrected chi connectivity index (χ1v) is 11.7. The predicted octanol–water partition coefficient (Wildman–Crippen LogP) is 4.38. The van der Waals surface area contributed by atoms with Crippen molar-refractivity contribution in [1.82, 2.24) is 14.5 Å². The fourth-order valence-electron chi connectivity index (χ4n) is 6.38. The van der Waals surface area contributed by atoms with Crippen molar-refractivity contribution in [2.24, 2.45) is 0 Å².